The lowest BCUT2D eigenvalue weighted by molar-refractivity contribution is -0.137. The molecule has 8 amide bonds. The number of amides is 8. The molecule has 0 spiro atoms. The van der Waals surface area contributed by atoms with Crippen LogP contribution in [0.15, 0.2) is 315 Å². The second-order valence-electron chi connectivity index (χ2n) is 38.3. The first-order valence-corrected chi connectivity index (χ1v) is 52.5. The van der Waals surface area contributed by atoms with Gasteiger partial charge in [-0.15, -0.1) is 0 Å². The predicted molar refractivity (Wildman–Crippen MR) is 591 cm³/mol. The van der Waals surface area contributed by atoms with E-state index in [4.69, 9.17) is 43.6 Å². The molecule has 12 N–H and O–H groups in total. The molecular weight excluding hydrogens is 1930 g/mol. The zero-order valence-corrected chi connectivity index (χ0v) is 85.7. The fraction of sp³-hybridized carbons (Fsp3) is 0.290. The number of hydrogen-bond donors (Lipinski definition) is 12. The molecule has 12 aromatic carbocycles. The number of carboxylic acid groups (broad SMARTS) is 4. The van der Waals surface area contributed by atoms with Crippen molar-refractivity contribution in [2.45, 2.75) is 202 Å². The number of para-hydroxylation sites is 2. The van der Waals surface area contributed by atoms with E-state index in [0.717, 1.165) is 81.6 Å². The highest BCUT2D eigenvalue weighted by molar-refractivity contribution is 6.31. The molecule has 16 rings (SSSR count). The predicted octanol–water partition coefficient (Wildman–Crippen LogP) is 24.7. The molecular formula is C124H130Cl2N8O16. The van der Waals surface area contributed by atoms with Gasteiger partial charge in [-0.1, -0.05) is 268 Å². The first kappa shape index (κ1) is 112. The van der Waals surface area contributed by atoms with Crippen LogP contribution in [0.4, 0.5) is 22.7 Å². The number of carbonyl (C=O) groups excluding carboxylic acids is 8. The summed E-state index contributed by atoms with van der Waals surface area (Å²) < 4.78 is 0. The van der Waals surface area contributed by atoms with Crippen LogP contribution in [0.2, 0.25) is 10.0 Å². The van der Waals surface area contributed by atoms with E-state index in [1.807, 2.05) is 140 Å². The Balaban J connectivity index is 0.000000167. The van der Waals surface area contributed by atoms with Gasteiger partial charge in [0.15, 0.2) is 0 Å². The largest absolute Gasteiger partial charge is 0.481 e. The number of halogens is 2. The molecule has 0 bridgehead atoms. The highest BCUT2D eigenvalue weighted by atomic mass is 35.5. The topological polar surface area (TPSA) is 382 Å². The van der Waals surface area contributed by atoms with Crippen LogP contribution in [0.5, 0.6) is 0 Å². The number of rotatable bonds is 40. The van der Waals surface area contributed by atoms with E-state index in [1.54, 1.807) is 91.0 Å². The van der Waals surface area contributed by atoms with Crippen LogP contribution in [0.1, 0.15) is 285 Å². The highest BCUT2D eigenvalue weighted by Gasteiger charge is 2.30. The lowest BCUT2D eigenvalue weighted by Crippen LogP contribution is -2.26. The van der Waals surface area contributed by atoms with Crippen molar-refractivity contribution in [1.29, 1.82) is 0 Å². The minimum absolute atomic E-state index is 0.0641. The second kappa shape index (κ2) is 58.2. The average Bonchev–Trinajstić information content (AvgIpc) is 0.814. The maximum atomic E-state index is 13.5. The molecule has 0 saturated heterocycles. The Labute approximate surface area is 886 Å². The number of benzene rings is 12. The summed E-state index contributed by atoms with van der Waals surface area (Å²) in [6.07, 6.45) is 27.9. The number of hydrogen-bond acceptors (Lipinski definition) is 12. The molecule has 0 aliphatic heterocycles. The molecule has 4 aliphatic carbocycles. The van der Waals surface area contributed by atoms with Crippen LogP contribution in [-0.2, 0) is 64.0 Å². The normalized spacial score (nSPS) is 14.1. The van der Waals surface area contributed by atoms with Gasteiger partial charge in [-0.3, -0.25) is 57.5 Å². The van der Waals surface area contributed by atoms with Crippen LogP contribution in [-0.4, -0.2) is 118 Å². The SMILES string of the molecule is O=C(O)CCNC(=O)c1ccc(CC(C(=O)Nc2cccc(Cl)c2)c2ccc(C3=CCCCC3)cc2)cc1.O=C(O)CCNC(=O)c1ccc(CC(C(=O)Nc2cccc(Cl)c2)c2ccc(C3CCCCC3)cc2)cc1.O=C(O)CCNC(=O)c1ccc(CC(C(=O)Nc2ccccc2)c2ccc(C3=CCCCC3)cc2)cc1.O=C(O)CCNC(=O)c1ccc(CC(C(=O)Nc2ccccc2)c2ccc(C3CCCCC3)cc2)cc1. The molecule has 150 heavy (non-hydrogen) atoms. The molecule has 4 aliphatic rings. The van der Waals surface area contributed by atoms with E-state index in [-0.39, 0.29) is 99.1 Å². The van der Waals surface area contributed by atoms with Gasteiger partial charge in [0.05, 0.1) is 49.4 Å². The van der Waals surface area contributed by atoms with Gasteiger partial charge in [0.1, 0.15) is 0 Å². The van der Waals surface area contributed by atoms with E-state index in [0.29, 0.717) is 81.2 Å². The third-order valence-electron chi connectivity index (χ3n) is 27.4. The third-order valence-corrected chi connectivity index (χ3v) is 27.9. The van der Waals surface area contributed by atoms with Crippen molar-refractivity contribution in [3.8, 4) is 0 Å². The summed E-state index contributed by atoms with van der Waals surface area (Å²) >= 11 is 12.2. The molecule has 4 unspecified atom stereocenters. The van der Waals surface area contributed by atoms with E-state index in [2.05, 4.69) is 127 Å². The Morgan fingerprint density at radius 2 is 0.520 bits per heavy atom. The van der Waals surface area contributed by atoms with Crippen LogP contribution < -0.4 is 42.5 Å². The quantitative estimate of drug-likeness (QED) is 0.0170. The number of anilines is 4. The Morgan fingerprint density at radius 3 is 0.767 bits per heavy atom. The van der Waals surface area contributed by atoms with E-state index < -0.39 is 47.5 Å². The summed E-state index contributed by atoms with van der Waals surface area (Å²) in [5, 5.41) is 58.6. The fourth-order valence-corrected chi connectivity index (χ4v) is 19.5. The van der Waals surface area contributed by atoms with Gasteiger partial charge in [-0.2, -0.15) is 0 Å². The van der Waals surface area contributed by atoms with Gasteiger partial charge in [0.2, 0.25) is 23.6 Å². The average molecular weight is 2060 g/mol. The maximum Gasteiger partial charge on any atom is 0.305 e. The molecule has 24 nitrogen and oxygen atoms in total. The van der Waals surface area contributed by atoms with Crippen molar-refractivity contribution < 1.29 is 78.0 Å². The molecule has 776 valence electrons. The summed E-state index contributed by atoms with van der Waals surface area (Å²) in [6, 6.07) is 94.9. The van der Waals surface area contributed by atoms with Crippen molar-refractivity contribution in [3.05, 3.63) is 415 Å². The fourth-order valence-electron chi connectivity index (χ4n) is 19.1. The molecule has 12 aromatic rings. The first-order valence-electron chi connectivity index (χ1n) is 51.8. The second-order valence-corrected chi connectivity index (χ2v) is 39.2. The Morgan fingerprint density at radius 1 is 0.267 bits per heavy atom. The van der Waals surface area contributed by atoms with Crippen molar-refractivity contribution in [3.63, 3.8) is 0 Å². The zero-order chi connectivity index (χ0) is 106. The number of allylic oxidation sites excluding steroid dienone is 4. The zero-order valence-electron chi connectivity index (χ0n) is 84.1. The van der Waals surface area contributed by atoms with Gasteiger partial charge in [-0.25, -0.2) is 0 Å². The lowest BCUT2D eigenvalue weighted by atomic mass is 9.83. The minimum atomic E-state index is -0.966. The van der Waals surface area contributed by atoms with Crippen LogP contribution >= 0.6 is 23.2 Å². The number of carbonyl (C=O) groups is 12. The summed E-state index contributed by atoms with van der Waals surface area (Å²) in [5.41, 5.74) is 19.8. The third kappa shape index (κ3) is 35.9. The molecule has 0 heterocycles. The molecule has 2 fully saturated rings. The van der Waals surface area contributed by atoms with E-state index in [9.17, 15) is 57.5 Å². The minimum Gasteiger partial charge on any atom is -0.481 e. The number of aliphatic carboxylic acids is 4. The van der Waals surface area contributed by atoms with Crippen molar-refractivity contribution >= 4 is 128 Å². The van der Waals surface area contributed by atoms with Crippen LogP contribution in [0, 0.1) is 0 Å². The van der Waals surface area contributed by atoms with Gasteiger partial charge in [0.25, 0.3) is 23.6 Å². The van der Waals surface area contributed by atoms with Crippen molar-refractivity contribution in [2.75, 3.05) is 47.4 Å². The van der Waals surface area contributed by atoms with E-state index >= 15 is 0 Å². The standard InChI is InChI=1S/C31H33ClN2O4.C31H31ClN2O4.C31H34N2O4.C31H32N2O4/c2*32-26-7-4-8-27(20-26)34-31(38)28(24-15-13-23(14-16-24)22-5-2-1-3-6-22)19-21-9-11-25(12-10-21)30(37)33-18-17-29(35)36;2*34-29(35)19-20-32-30(36)26-13-11-22(12-14-26)21-28(31(37)33-27-9-5-2-6-10-27)25-17-15-24(16-18-25)23-7-3-1-4-8-23/h4,7-16,20,22,28H,1-3,5-6,17-19H2,(H,33,37)(H,34,38)(H,35,36);4-5,7-16,20,28H,1-3,6,17-19H2,(H,33,37)(H,34,38)(H,35,36);2,5-6,9-18,23,28H,1,3-4,7-8,19-21H2,(H,32,36)(H,33,37)(H,34,35);2,5-7,9-18,28H,1,3-4,8,19-21H2,(H,32,36)(H,33,37)(H,34,35). The molecule has 2 saturated carbocycles. The van der Waals surface area contributed by atoms with Gasteiger partial charge in [0, 0.05) is 81.2 Å². The van der Waals surface area contributed by atoms with Crippen molar-refractivity contribution in [2.24, 2.45) is 0 Å². The Kier molecular flexibility index (Phi) is 43.3. The molecule has 26 heteroatoms. The summed E-state index contributed by atoms with van der Waals surface area (Å²) in [4.78, 5) is 146. The Hall–Kier alpha value is -15.7. The molecule has 4 atom stereocenters. The summed E-state index contributed by atoms with van der Waals surface area (Å²) in [5.74, 6) is -6.10. The number of nitrogens with one attached hydrogen (secondary N) is 8. The van der Waals surface area contributed by atoms with E-state index in [1.165, 1.54) is 123 Å². The van der Waals surface area contributed by atoms with Crippen LogP contribution in [0.25, 0.3) is 11.1 Å². The van der Waals surface area contributed by atoms with Gasteiger partial charge in [-0.05, 0) is 302 Å². The first-order chi connectivity index (χ1) is 72.8. The number of carboxylic acids is 4. The molecule has 0 radical (unpaired) electrons. The molecule has 0 aromatic heterocycles. The summed E-state index contributed by atoms with van der Waals surface area (Å²) in [7, 11) is 0. The van der Waals surface area contributed by atoms with Crippen LogP contribution in [0.3, 0.4) is 0 Å². The Bertz CT molecular complexity index is 6600. The van der Waals surface area contributed by atoms with Gasteiger partial charge >= 0.3 is 23.9 Å². The maximum absolute atomic E-state index is 13.5. The summed E-state index contributed by atoms with van der Waals surface area (Å²) in [6.45, 7) is 0.284. The lowest BCUT2D eigenvalue weighted by Gasteiger charge is -2.23. The monoisotopic (exact) mass is 2060 g/mol. The smallest absolute Gasteiger partial charge is 0.305 e. The van der Waals surface area contributed by atoms with Gasteiger partial charge < -0.3 is 63.0 Å². The highest BCUT2D eigenvalue weighted by Crippen LogP contribution is 2.39. The van der Waals surface area contributed by atoms with Crippen molar-refractivity contribution in [1.82, 2.24) is 21.3 Å².